The number of thioether (sulfide) groups is 1. The highest BCUT2D eigenvalue weighted by atomic mass is 32.2. The van der Waals surface area contributed by atoms with Crippen molar-refractivity contribution in [3.63, 3.8) is 0 Å². The van der Waals surface area contributed by atoms with Gasteiger partial charge in [0.15, 0.2) is 0 Å². The molecular formula is C15H18N2O4S2. The van der Waals surface area contributed by atoms with Gasteiger partial charge in [-0.25, -0.2) is 4.79 Å². The molecular weight excluding hydrogens is 336 g/mol. The zero-order valence-electron chi connectivity index (χ0n) is 13.2. The van der Waals surface area contributed by atoms with E-state index in [9.17, 15) is 14.4 Å². The van der Waals surface area contributed by atoms with Crippen molar-refractivity contribution in [2.45, 2.75) is 20.8 Å². The number of hydrogen-bond donors (Lipinski definition) is 1. The zero-order valence-corrected chi connectivity index (χ0v) is 14.8. The molecule has 8 heteroatoms. The first kappa shape index (κ1) is 17.6. The molecule has 0 saturated heterocycles. The summed E-state index contributed by atoms with van der Waals surface area (Å²) in [6.07, 6.45) is 1.59. The summed E-state index contributed by atoms with van der Waals surface area (Å²) in [7, 11) is 0. The Hall–Kier alpha value is -1.80. The van der Waals surface area contributed by atoms with Crippen molar-refractivity contribution in [1.82, 2.24) is 4.90 Å². The topological polar surface area (TPSA) is 75.7 Å². The number of hydrogen-bond acceptors (Lipinski definition) is 6. The number of amides is 2. The van der Waals surface area contributed by atoms with Crippen LogP contribution in [0.25, 0.3) is 0 Å². The third-order valence-corrected chi connectivity index (χ3v) is 5.15. The van der Waals surface area contributed by atoms with Gasteiger partial charge in [0.1, 0.15) is 11.5 Å². The largest absolute Gasteiger partial charge is 0.462 e. The minimum Gasteiger partial charge on any atom is -0.462 e. The third-order valence-electron chi connectivity index (χ3n) is 3.30. The van der Waals surface area contributed by atoms with Crippen LogP contribution in [0.15, 0.2) is 11.6 Å². The second kappa shape index (κ2) is 7.65. The molecule has 2 rings (SSSR count). The molecule has 0 radical (unpaired) electrons. The lowest BCUT2D eigenvalue weighted by Gasteiger charge is -2.20. The fraction of sp³-hybridized carbons (Fsp3) is 0.400. The van der Waals surface area contributed by atoms with Gasteiger partial charge in [-0.2, -0.15) is 0 Å². The molecule has 1 aromatic rings. The molecule has 0 aromatic carbocycles. The van der Waals surface area contributed by atoms with Gasteiger partial charge in [-0.15, -0.1) is 23.1 Å². The van der Waals surface area contributed by atoms with E-state index in [0.717, 1.165) is 10.4 Å². The summed E-state index contributed by atoms with van der Waals surface area (Å²) in [5.74, 6) is -0.580. The Balaban J connectivity index is 2.13. The van der Waals surface area contributed by atoms with Gasteiger partial charge in [0.25, 0.3) is 0 Å². The molecule has 23 heavy (non-hydrogen) atoms. The first-order chi connectivity index (χ1) is 10.9. The van der Waals surface area contributed by atoms with Crippen LogP contribution in [0.2, 0.25) is 0 Å². The zero-order chi connectivity index (χ0) is 17.0. The van der Waals surface area contributed by atoms with E-state index < -0.39 is 5.97 Å². The Kier molecular flexibility index (Phi) is 5.84. The molecule has 1 N–H and O–H groups in total. The molecule has 1 aliphatic rings. The molecule has 124 valence electrons. The predicted molar refractivity (Wildman–Crippen MR) is 91.7 cm³/mol. The third kappa shape index (κ3) is 4.14. The molecule has 6 nitrogen and oxygen atoms in total. The summed E-state index contributed by atoms with van der Waals surface area (Å²) in [5.41, 5.74) is 1.19. The second-order valence-corrected chi connectivity index (χ2v) is 6.99. The quantitative estimate of drug-likeness (QED) is 0.823. The predicted octanol–water partition coefficient (Wildman–Crippen LogP) is 2.53. The van der Waals surface area contributed by atoms with E-state index in [0.29, 0.717) is 16.3 Å². The van der Waals surface area contributed by atoms with Crippen LogP contribution < -0.4 is 5.32 Å². The standard InChI is InChI=1S/C15H18N2O4S2/c1-4-21-15(20)13-9(2)10(3)23-14(13)16-11(18)7-17-5-6-22-8-12(17)19/h5-6H,4,7-8H2,1-3H3,(H,16,18). The van der Waals surface area contributed by atoms with Crippen molar-refractivity contribution in [2.75, 3.05) is 24.2 Å². The van der Waals surface area contributed by atoms with E-state index in [4.69, 9.17) is 4.74 Å². The van der Waals surface area contributed by atoms with E-state index in [-0.39, 0.29) is 25.0 Å². The molecule has 0 atom stereocenters. The Morgan fingerprint density at radius 2 is 2.13 bits per heavy atom. The SMILES string of the molecule is CCOC(=O)c1c(NC(=O)CN2C=CSCC2=O)sc(C)c1C. The molecule has 0 aliphatic carbocycles. The smallest absolute Gasteiger partial charge is 0.341 e. The van der Waals surface area contributed by atoms with Gasteiger partial charge in [-0.1, -0.05) is 0 Å². The Morgan fingerprint density at radius 1 is 1.39 bits per heavy atom. The van der Waals surface area contributed by atoms with Gasteiger partial charge < -0.3 is 15.0 Å². The highest BCUT2D eigenvalue weighted by Crippen LogP contribution is 2.33. The van der Waals surface area contributed by atoms with E-state index in [2.05, 4.69) is 5.32 Å². The Morgan fingerprint density at radius 3 is 2.78 bits per heavy atom. The van der Waals surface area contributed by atoms with Gasteiger partial charge in [-0.3, -0.25) is 9.59 Å². The molecule has 0 bridgehead atoms. The number of ether oxygens (including phenoxy) is 1. The van der Waals surface area contributed by atoms with Crippen molar-refractivity contribution in [3.05, 3.63) is 27.6 Å². The number of thiophene rings is 1. The molecule has 1 aromatic heterocycles. The highest BCUT2D eigenvalue weighted by molar-refractivity contribution is 8.02. The number of carbonyl (C=O) groups excluding carboxylic acids is 3. The van der Waals surface area contributed by atoms with Crippen LogP contribution in [-0.4, -0.2) is 41.6 Å². The van der Waals surface area contributed by atoms with Crippen LogP contribution in [0.3, 0.4) is 0 Å². The molecule has 0 spiro atoms. The number of rotatable bonds is 5. The van der Waals surface area contributed by atoms with Crippen LogP contribution in [0, 0.1) is 13.8 Å². The summed E-state index contributed by atoms with van der Waals surface area (Å²) in [6.45, 7) is 5.63. The summed E-state index contributed by atoms with van der Waals surface area (Å²) >= 11 is 2.72. The van der Waals surface area contributed by atoms with Gasteiger partial charge in [0.2, 0.25) is 11.8 Å². The number of esters is 1. The highest BCUT2D eigenvalue weighted by Gasteiger charge is 2.23. The van der Waals surface area contributed by atoms with Crippen LogP contribution in [0.1, 0.15) is 27.7 Å². The summed E-state index contributed by atoms with van der Waals surface area (Å²) in [4.78, 5) is 38.3. The number of nitrogens with zero attached hydrogens (tertiary/aromatic N) is 1. The minimum absolute atomic E-state index is 0.0752. The van der Waals surface area contributed by atoms with Crippen LogP contribution in [0.5, 0.6) is 0 Å². The van der Waals surface area contributed by atoms with Crippen molar-refractivity contribution in [3.8, 4) is 0 Å². The van der Waals surface area contributed by atoms with Crippen molar-refractivity contribution < 1.29 is 19.1 Å². The fourth-order valence-corrected chi connectivity index (χ4v) is 3.73. The average molecular weight is 354 g/mol. The maximum Gasteiger partial charge on any atom is 0.341 e. The maximum absolute atomic E-state index is 12.2. The second-order valence-electron chi connectivity index (χ2n) is 4.87. The van der Waals surface area contributed by atoms with Crippen LogP contribution in [0.4, 0.5) is 5.00 Å². The van der Waals surface area contributed by atoms with Gasteiger partial charge in [0.05, 0.1) is 17.9 Å². The lowest BCUT2D eigenvalue weighted by molar-refractivity contribution is -0.129. The van der Waals surface area contributed by atoms with Gasteiger partial charge in [0, 0.05) is 11.1 Å². The van der Waals surface area contributed by atoms with E-state index in [1.54, 1.807) is 18.5 Å². The summed E-state index contributed by atoms with van der Waals surface area (Å²) < 4.78 is 5.05. The van der Waals surface area contributed by atoms with Gasteiger partial charge in [-0.05, 0) is 31.7 Å². The van der Waals surface area contributed by atoms with E-state index in [1.165, 1.54) is 28.0 Å². The van der Waals surface area contributed by atoms with Crippen LogP contribution >= 0.6 is 23.1 Å². The number of aryl methyl sites for hydroxylation is 1. The first-order valence-electron chi connectivity index (χ1n) is 7.08. The average Bonchev–Trinajstić information content (AvgIpc) is 2.76. The summed E-state index contributed by atoms with van der Waals surface area (Å²) in [5, 5.41) is 4.96. The molecule has 2 amide bonds. The summed E-state index contributed by atoms with van der Waals surface area (Å²) in [6, 6.07) is 0. The maximum atomic E-state index is 12.2. The van der Waals surface area contributed by atoms with E-state index >= 15 is 0 Å². The molecule has 2 heterocycles. The lowest BCUT2D eigenvalue weighted by Crippen LogP contribution is -2.36. The number of anilines is 1. The van der Waals surface area contributed by atoms with E-state index in [1.807, 2.05) is 13.8 Å². The lowest BCUT2D eigenvalue weighted by atomic mass is 10.1. The molecule has 0 fully saturated rings. The van der Waals surface area contributed by atoms with Crippen molar-refractivity contribution >= 4 is 45.9 Å². The monoisotopic (exact) mass is 354 g/mol. The van der Waals surface area contributed by atoms with Crippen molar-refractivity contribution in [2.24, 2.45) is 0 Å². The Labute approximate surface area is 142 Å². The Bertz CT molecular complexity index is 667. The normalized spacial score (nSPS) is 14.0. The van der Waals surface area contributed by atoms with Gasteiger partial charge >= 0.3 is 5.97 Å². The van der Waals surface area contributed by atoms with Crippen molar-refractivity contribution in [1.29, 1.82) is 0 Å². The first-order valence-corrected chi connectivity index (χ1v) is 8.95. The van der Waals surface area contributed by atoms with Crippen LogP contribution in [-0.2, 0) is 14.3 Å². The fourth-order valence-electron chi connectivity index (χ4n) is 2.03. The molecule has 1 aliphatic heterocycles. The number of nitrogens with one attached hydrogen (secondary N) is 1. The number of carbonyl (C=O) groups is 3. The molecule has 0 unspecified atom stereocenters. The molecule has 0 saturated carbocycles. The minimum atomic E-state index is -0.449.